The Kier molecular flexibility index (Phi) is 3.59. The summed E-state index contributed by atoms with van der Waals surface area (Å²) in [6, 6.07) is 16.0. The molecule has 1 aliphatic rings. The van der Waals surface area contributed by atoms with Gasteiger partial charge in [0.1, 0.15) is 5.82 Å². The summed E-state index contributed by atoms with van der Waals surface area (Å²) in [7, 11) is 0. The summed E-state index contributed by atoms with van der Waals surface area (Å²) in [5.41, 5.74) is 2.96. The highest BCUT2D eigenvalue weighted by Gasteiger charge is 2.17. The Labute approximate surface area is 119 Å². The summed E-state index contributed by atoms with van der Waals surface area (Å²) in [5, 5.41) is 0. The van der Waals surface area contributed by atoms with Crippen molar-refractivity contribution in [3.63, 3.8) is 0 Å². The summed E-state index contributed by atoms with van der Waals surface area (Å²) >= 11 is 0. The lowest BCUT2D eigenvalue weighted by molar-refractivity contribution is 0.612. The van der Waals surface area contributed by atoms with Gasteiger partial charge in [-0.3, -0.25) is 0 Å². The first-order valence-corrected chi connectivity index (χ1v) is 7.05. The van der Waals surface area contributed by atoms with E-state index in [1.165, 1.54) is 5.69 Å². The molecule has 3 heteroatoms. The van der Waals surface area contributed by atoms with Crippen LogP contribution < -0.4 is 9.80 Å². The van der Waals surface area contributed by atoms with Crippen LogP contribution >= 0.6 is 0 Å². The van der Waals surface area contributed by atoms with Crippen LogP contribution in [0.25, 0.3) is 0 Å². The van der Waals surface area contributed by atoms with Crippen molar-refractivity contribution in [3.8, 4) is 0 Å². The lowest BCUT2D eigenvalue weighted by atomic mass is 10.1. The van der Waals surface area contributed by atoms with Crippen molar-refractivity contribution in [2.75, 3.05) is 36.0 Å². The van der Waals surface area contributed by atoms with E-state index in [9.17, 15) is 4.39 Å². The Morgan fingerprint density at radius 3 is 2.00 bits per heavy atom. The Morgan fingerprint density at radius 2 is 1.40 bits per heavy atom. The van der Waals surface area contributed by atoms with Crippen LogP contribution in [0.4, 0.5) is 15.8 Å². The molecule has 1 saturated heterocycles. The second-order valence-electron chi connectivity index (χ2n) is 5.24. The molecule has 2 aromatic rings. The fraction of sp³-hybridized carbons (Fsp3) is 0.294. The number of halogens is 1. The number of rotatable bonds is 2. The first kappa shape index (κ1) is 13.0. The van der Waals surface area contributed by atoms with Crippen LogP contribution in [0, 0.1) is 12.7 Å². The van der Waals surface area contributed by atoms with Crippen LogP contribution in [-0.2, 0) is 0 Å². The Balaban J connectivity index is 1.68. The van der Waals surface area contributed by atoms with Crippen molar-refractivity contribution in [3.05, 3.63) is 59.9 Å². The van der Waals surface area contributed by atoms with Gasteiger partial charge >= 0.3 is 0 Å². The summed E-state index contributed by atoms with van der Waals surface area (Å²) in [6.07, 6.45) is 0. The number of nitrogens with zero attached hydrogens (tertiary/aromatic N) is 2. The minimum atomic E-state index is -0.118. The van der Waals surface area contributed by atoms with Crippen molar-refractivity contribution in [1.29, 1.82) is 0 Å². The first-order chi connectivity index (χ1) is 9.74. The van der Waals surface area contributed by atoms with Crippen LogP contribution in [0.5, 0.6) is 0 Å². The largest absolute Gasteiger partial charge is 0.368 e. The van der Waals surface area contributed by atoms with Crippen LogP contribution in [0.3, 0.4) is 0 Å². The van der Waals surface area contributed by atoms with Crippen LogP contribution in [0.15, 0.2) is 48.5 Å². The average molecular weight is 270 g/mol. The molecule has 0 aliphatic carbocycles. The third-order valence-corrected chi connectivity index (χ3v) is 3.92. The zero-order valence-electron chi connectivity index (χ0n) is 11.7. The number of aryl methyl sites for hydroxylation is 1. The molecule has 0 amide bonds. The molecule has 0 bridgehead atoms. The third-order valence-electron chi connectivity index (χ3n) is 3.92. The molecule has 20 heavy (non-hydrogen) atoms. The molecule has 1 heterocycles. The van der Waals surface area contributed by atoms with Gasteiger partial charge in [-0.1, -0.05) is 24.3 Å². The number of benzene rings is 2. The molecule has 1 aliphatic heterocycles. The van der Waals surface area contributed by atoms with E-state index in [2.05, 4.69) is 34.1 Å². The van der Waals surface area contributed by atoms with E-state index in [4.69, 9.17) is 0 Å². The van der Waals surface area contributed by atoms with Gasteiger partial charge in [0.25, 0.3) is 0 Å². The molecular weight excluding hydrogens is 251 g/mol. The predicted molar refractivity (Wildman–Crippen MR) is 82.0 cm³/mol. The van der Waals surface area contributed by atoms with Gasteiger partial charge in [-0.15, -0.1) is 0 Å². The first-order valence-electron chi connectivity index (χ1n) is 7.05. The molecule has 0 N–H and O–H groups in total. The topological polar surface area (TPSA) is 6.48 Å². The van der Waals surface area contributed by atoms with Crippen LogP contribution in [0.2, 0.25) is 0 Å². The van der Waals surface area contributed by atoms with E-state index in [-0.39, 0.29) is 5.82 Å². The number of hydrogen-bond donors (Lipinski definition) is 0. The molecule has 2 nitrogen and oxygen atoms in total. The number of hydrogen-bond acceptors (Lipinski definition) is 2. The molecule has 0 unspecified atom stereocenters. The van der Waals surface area contributed by atoms with E-state index in [0.29, 0.717) is 5.56 Å². The van der Waals surface area contributed by atoms with Gasteiger partial charge in [-0.25, -0.2) is 4.39 Å². The molecule has 0 saturated carbocycles. The van der Waals surface area contributed by atoms with Gasteiger partial charge in [0.15, 0.2) is 0 Å². The Hall–Kier alpha value is -2.03. The normalized spacial score (nSPS) is 15.5. The zero-order chi connectivity index (χ0) is 13.9. The van der Waals surface area contributed by atoms with Crippen LogP contribution in [0.1, 0.15) is 5.56 Å². The van der Waals surface area contributed by atoms with Crippen LogP contribution in [-0.4, -0.2) is 26.2 Å². The molecule has 0 aromatic heterocycles. The number of para-hydroxylation sites is 1. The fourth-order valence-electron chi connectivity index (χ4n) is 2.64. The lowest BCUT2D eigenvalue weighted by Gasteiger charge is -2.37. The second-order valence-corrected chi connectivity index (χ2v) is 5.24. The van der Waals surface area contributed by atoms with E-state index < -0.39 is 0 Å². The van der Waals surface area contributed by atoms with E-state index in [1.807, 2.05) is 18.2 Å². The highest BCUT2D eigenvalue weighted by Crippen LogP contribution is 2.22. The van der Waals surface area contributed by atoms with Gasteiger partial charge in [0, 0.05) is 37.6 Å². The van der Waals surface area contributed by atoms with E-state index in [0.717, 1.165) is 31.9 Å². The smallest absolute Gasteiger partial charge is 0.128 e. The van der Waals surface area contributed by atoms with Crippen molar-refractivity contribution in [2.45, 2.75) is 6.92 Å². The van der Waals surface area contributed by atoms with Crippen molar-refractivity contribution < 1.29 is 4.39 Å². The molecule has 0 spiro atoms. The monoisotopic (exact) mass is 270 g/mol. The van der Waals surface area contributed by atoms with Crippen molar-refractivity contribution >= 4 is 11.4 Å². The van der Waals surface area contributed by atoms with E-state index >= 15 is 0 Å². The quantitative estimate of drug-likeness (QED) is 0.824. The van der Waals surface area contributed by atoms with Gasteiger partial charge in [0.2, 0.25) is 0 Å². The Bertz CT molecular complexity index is 575. The zero-order valence-corrected chi connectivity index (χ0v) is 11.7. The number of piperazine rings is 1. The summed E-state index contributed by atoms with van der Waals surface area (Å²) in [4.78, 5) is 4.63. The lowest BCUT2D eigenvalue weighted by Crippen LogP contribution is -2.46. The minimum Gasteiger partial charge on any atom is -0.368 e. The van der Waals surface area contributed by atoms with Gasteiger partial charge in [-0.2, -0.15) is 0 Å². The summed E-state index contributed by atoms with van der Waals surface area (Å²) in [6.45, 7) is 5.60. The van der Waals surface area contributed by atoms with Gasteiger partial charge in [-0.05, 0) is 36.8 Å². The maximum absolute atomic E-state index is 13.6. The molecule has 1 fully saturated rings. The fourth-order valence-corrected chi connectivity index (χ4v) is 2.64. The maximum Gasteiger partial charge on any atom is 0.128 e. The average Bonchev–Trinajstić information content (AvgIpc) is 2.51. The standard InChI is InChI=1S/C17H19FN2/c1-14-7-8-16(13-17(14)18)20-11-9-19(10-12-20)15-5-3-2-4-6-15/h2-8,13H,9-12H2,1H3. The molecular formula is C17H19FN2. The van der Waals surface area contributed by atoms with Gasteiger partial charge < -0.3 is 9.80 Å². The van der Waals surface area contributed by atoms with Crippen molar-refractivity contribution in [1.82, 2.24) is 0 Å². The second kappa shape index (κ2) is 5.53. The Morgan fingerprint density at radius 1 is 0.800 bits per heavy atom. The molecule has 0 atom stereocenters. The highest BCUT2D eigenvalue weighted by atomic mass is 19.1. The van der Waals surface area contributed by atoms with Crippen molar-refractivity contribution in [2.24, 2.45) is 0 Å². The maximum atomic E-state index is 13.6. The number of anilines is 2. The summed E-state index contributed by atoms with van der Waals surface area (Å²) in [5.74, 6) is -0.118. The highest BCUT2D eigenvalue weighted by molar-refractivity contribution is 5.52. The van der Waals surface area contributed by atoms with E-state index in [1.54, 1.807) is 13.0 Å². The third kappa shape index (κ3) is 2.62. The molecule has 104 valence electrons. The summed E-state index contributed by atoms with van der Waals surface area (Å²) < 4.78 is 13.6. The van der Waals surface area contributed by atoms with Gasteiger partial charge in [0.05, 0.1) is 0 Å². The molecule has 3 rings (SSSR count). The predicted octanol–water partition coefficient (Wildman–Crippen LogP) is 3.46. The SMILES string of the molecule is Cc1ccc(N2CCN(c3ccccc3)CC2)cc1F. The molecule has 2 aromatic carbocycles. The molecule has 0 radical (unpaired) electrons. The minimum absolute atomic E-state index is 0.118.